The first kappa shape index (κ1) is 23.6. The van der Waals surface area contributed by atoms with Gasteiger partial charge in [0.05, 0.1) is 30.6 Å². The Bertz CT molecular complexity index is 1230. The van der Waals surface area contributed by atoms with Gasteiger partial charge < -0.3 is 14.8 Å². The van der Waals surface area contributed by atoms with Crippen LogP contribution in [0.5, 0.6) is 11.5 Å². The number of anilines is 1. The average Bonchev–Trinajstić information content (AvgIpc) is 2.84. The maximum atomic E-state index is 13.3. The monoisotopic (exact) mass is 480 g/mol. The zero-order valence-electron chi connectivity index (χ0n) is 19.2. The molecule has 1 aliphatic rings. The fourth-order valence-corrected chi connectivity index (χ4v) is 5.46. The molecule has 1 N–H and O–H groups in total. The highest BCUT2D eigenvalue weighted by Crippen LogP contribution is 2.36. The number of carbonyl (C=O) groups is 1. The molecule has 7 nitrogen and oxygen atoms in total. The Morgan fingerprint density at radius 3 is 2.44 bits per heavy atom. The Balaban J connectivity index is 1.52. The third kappa shape index (κ3) is 5.34. The molecule has 1 amide bonds. The number of ether oxygens (including phenoxy) is 2. The van der Waals surface area contributed by atoms with Gasteiger partial charge in [0.25, 0.3) is 5.91 Å². The molecule has 0 aromatic heterocycles. The Morgan fingerprint density at radius 1 is 1.06 bits per heavy atom. The average molecular weight is 481 g/mol. The van der Waals surface area contributed by atoms with Gasteiger partial charge in [-0.1, -0.05) is 54.6 Å². The van der Waals surface area contributed by atoms with Crippen molar-refractivity contribution in [2.24, 2.45) is 0 Å². The fourth-order valence-electron chi connectivity index (χ4n) is 3.87. The Labute approximate surface area is 200 Å². The van der Waals surface area contributed by atoms with E-state index in [0.29, 0.717) is 23.6 Å². The number of benzene rings is 3. The van der Waals surface area contributed by atoms with Gasteiger partial charge in [-0.05, 0) is 49.2 Å². The number of amides is 1. The Hall–Kier alpha value is -3.52. The van der Waals surface area contributed by atoms with Gasteiger partial charge in [-0.15, -0.1) is 0 Å². The fraction of sp³-hybridized carbons (Fsp3) is 0.269. The molecule has 2 atom stereocenters. The van der Waals surface area contributed by atoms with Gasteiger partial charge in [0, 0.05) is 0 Å². The summed E-state index contributed by atoms with van der Waals surface area (Å²) in [4.78, 5) is 13.1. The van der Waals surface area contributed by atoms with E-state index in [2.05, 4.69) is 5.32 Å². The standard InChI is InChI=1S/C26H28N2O5S/c1-3-32-22-15-13-21(14-16-22)19(2)27-26(29)25-17-28(23-11-7-8-12-24(23)33-25)34(30,31)18-20-9-5-4-6-10-20/h4-16,19,25H,3,17-18H2,1-2H3,(H,27,29). The number of rotatable bonds is 8. The van der Waals surface area contributed by atoms with E-state index in [1.807, 2.05) is 44.2 Å². The van der Waals surface area contributed by atoms with E-state index >= 15 is 0 Å². The van der Waals surface area contributed by atoms with Crippen LogP contribution in [0.4, 0.5) is 5.69 Å². The second-order valence-corrected chi connectivity index (χ2v) is 9.97. The van der Waals surface area contributed by atoms with Gasteiger partial charge in [-0.25, -0.2) is 8.42 Å². The lowest BCUT2D eigenvalue weighted by atomic mass is 10.1. The molecule has 178 valence electrons. The van der Waals surface area contributed by atoms with Crippen molar-refractivity contribution in [2.75, 3.05) is 17.5 Å². The number of sulfonamides is 1. The van der Waals surface area contributed by atoms with E-state index in [4.69, 9.17) is 9.47 Å². The maximum absolute atomic E-state index is 13.3. The van der Waals surface area contributed by atoms with Gasteiger partial charge >= 0.3 is 0 Å². The van der Waals surface area contributed by atoms with Crippen LogP contribution < -0.4 is 19.1 Å². The number of fused-ring (bicyclic) bond motifs is 1. The van der Waals surface area contributed by atoms with Gasteiger partial charge in [0.1, 0.15) is 11.5 Å². The lowest BCUT2D eigenvalue weighted by Crippen LogP contribution is -2.51. The van der Waals surface area contributed by atoms with Crippen molar-refractivity contribution in [3.8, 4) is 11.5 Å². The molecular formula is C26H28N2O5S. The molecule has 0 spiro atoms. The predicted octanol–water partition coefficient (Wildman–Crippen LogP) is 4.06. The Morgan fingerprint density at radius 2 is 1.74 bits per heavy atom. The van der Waals surface area contributed by atoms with Crippen LogP contribution in [-0.2, 0) is 20.6 Å². The molecular weight excluding hydrogens is 452 g/mol. The van der Waals surface area contributed by atoms with Gasteiger partial charge in [-0.2, -0.15) is 0 Å². The zero-order chi connectivity index (χ0) is 24.1. The summed E-state index contributed by atoms with van der Waals surface area (Å²) in [6, 6.07) is 23.1. The number of hydrogen-bond acceptors (Lipinski definition) is 5. The molecule has 0 aliphatic carbocycles. The summed E-state index contributed by atoms with van der Waals surface area (Å²) >= 11 is 0. The third-order valence-corrected chi connectivity index (χ3v) is 7.32. The van der Waals surface area contributed by atoms with E-state index in [1.54, 1.807) is 48.5 Å². The molecule has 3 aromatic rings. The van der Waals surface area contributed by atoms with Gasteiger partial charge in [0.15, 0.2) is 6.10 Å². The lowest BCUT2D eigenvalue weighted by Gasteiger charge is -2.35. The first-order valence-corrected chi connectivity index (χ1v) is 12.8. The minimum atomic E-state index is -3.75. The number of carbonyl (C=O) groups excluding carboxylic acids is 1. The van der Waals surface area contributed by atoms with Crippen LogP contribution in [0.1, 0.15) is 31.0 Å². The van der Waals surface area contributed by atoms with E-state index < -0.39 is 16.1 Å². The highest BCUT2D eigenvalue weighted by molar-refractivity contribution is 7.92. The van der Waals surface area contributed by atoms with Crippen LogP contribution in [-0.4, -0.2) is 33.6 Å². The second kappa shape index (κ2) is 10.2. The van der Waals surface area contributed by atoms with Crippen molar-refractivity contribution in [1.82, 2.24) is 5.32 Å². The largest absolute Gasteiger partial charge is 0.494 e. The summed E-state index contributed by atoms with van der Waals surface area (Å²) < 4.78 is 39.4. The number of nitrogens with one attached hydrogen (secondary N) is 1. The van der Waals surface area contributed by atoms with Crippen molar-refractivity contribution in [3.63, 3.8) is 0 Å². The molecule has 0 saturated carbocycles. The van der Waals surface area contributed by atoms with Crippen LogP contribution in [0, 0.1) is 0 Å². The summed E-state index contributed by atoms with van der Waals surface area (Å²) in [5.41, 5.74) is 2.01. The van der Waals surface area contributed by atoms with E-state index in [1.165, 1.54) is 4.31 Å². The predicted molar refractivity (Wildman–Crippen MR) is 131 cm³/mol. The second-order valence-electron chi connectivity index (χ2n) is 8.08. The normalized spacial score (nSPS) is 16.2. The molecule has 2 unspecified atom stereocenters. The van der Waals surface area contributed by atoms with Crippen molar-refractivity contribution in [1.29, 1.82) is 0 Å². The number of hydrogen-bond donors (Lipinski definition) is 1. The van der Waals surface area contributed by atoms with Crippen LogP contribution in [0.2, 0.25) is 0 Å². The molecule has 0 radical (unpaired) electrons. The molecule has 1 heterocycles. The van der Waals surface area contributed by atoms with Crippen molar-refractivity contribution in [3.05, 3.63) is 90.0 Å². The molecule has 3 aromatic carbocycles. The van der Waals surface area contributed by atoms with Crippen LogP contribution in [0.25, 0.3) is 0 Å². The number of para-hydroxylation sites is 2. The van der Waals surface area contributed by atoms with E-state index in [9.17, 15) is 13.2 Å². The van der Waals surface area contributed by atoms with E-state index in [0.717, 1.165) is 11.3 Å². The van der Waals surface area contributed by atoms with Gasteiger partial charge in [-0.3, -0.25) is 9.10 Å². The lowest BCUT2D eigenvalue weighted by molar-refractivity contribution is -0.128. The molecule has 0 saturated heterocycles. The minimum absolute atomic E-state index is 0.103. The third-order valence-electron chi connectivity index (χ3n) is 5.60. The molecule has 4 rings (SSSR count). The summed E-state index contributed by atoms with van der Waals surface area (Å²) in [5.74, 6) is 0.574. The number of nitrogens with zero attached hydrogens (tertiary/aromatic N) is 1. The SMILES string of the molecule is CCOc1ccc(C(C)NC(=O)C2CN(S(=O)(=O)Cc3ccccc3)c3ccccc3O2)cc1. The summed E-state index contributed by atoms with van der Waals surface area (Å²) in [5, 5.41) is 2.94. The molecule has 34 heavy (non-hydrogen) atoms. The van der Waals surface area contributed by atoms with Crippen molar-refractivity contribution in [2.45, 2.75) is 31.7 Å². The molecule has 0 bridgehead atoms. The Kier molecular flexibility index (Phi) is 7.07. The molecule has 0 fully saturated rings. The minimum Gasteiger partial charge on any atom is -0.494 e. The summed E-state index contributed by atoms with van der Waals surface area (Å²) in [6.45, 7) is 4.26. The maximum Gasteiger partial charge on any atom is 0.263 e. The van der Waals surface area contributed by atoms with Crippen LogP contribution >= 0.6 is 0 Å². The van der Waals surface area contributed by atoms with Crippen LogP contribution in [0.15, 0.2) is 78.9 Å². The highest BCUT2D eigenvalue weighted by atomic mass is 32.2. The first-order chi connectivity index (χ1) is 16.4. The molecule has 1 aliphatic heterocycles. The van der Waals surface area contributed by atoms with Crippen molar-refractivity contribution < 1.29 is 22.7 Å². The quantitative estimate of drug-likeness (QED) is 0.526. The highest BCUT2D eigenvalue weighted by Gasteiger charge is 2.37. The summed E-state index contributed by atoms with van der Waals surface area (Å²) in [7, 11) is -3.75. The smallest absolute Gasteiger partial charge is 0.263 e. The first-order valence-electron chi connectivity index (χ1n) is 11.2. The van der Waals surface area contributed by atoms with Gasteiger partial charge in [0.2, 0.25) is 10.0 Å². The van der Waals surface area contributed by atoms with E-state index in [-0.39, 0.29) is 24.2 Å². The van der Waals surface area contributed by atoms with Crippen LogP contribution in [0.3, 0.4) is 0 Å². The van der Waals surface area contributed by atoms with Crippen molar-refractivity contribution >= 4 is 21.6 Å². The zero-order valence-corrected chi connectivity index (χ0v) is 20.0. The molecule has 8 heteroatoms. The summed E-state index contributed by atoms with van der Waals surface area (Å²) in [6.07, 6.45) is -0.981. The topological polar surface area (TPSA) is 84.9 Å².